The largest absolute Gasteiger partial charge is 1.00 e. The highest BCUT2D eigenvalue weighted by molar-refractivity contribution is 6.14. The number of halogens is 1. The lowest BCUT2D eigenvalue weighted by Gasteiger charge is -2.35. The van der Waals surface area contributed by atoms with Crippen LogP contribution in [0, 0.1) is 0 Å². The van der Waals surface area contributed by atoms with E-state index in [1.165, 1.54) is 0 Å². The lowest BCUT2D eigenvalue weighted by molar-refractivity contribution is -0.881. The number of benzene rings is 2. The van der Waals surface area contributed by atoms with Gasteiger partial charge in [0.05, 0.1) is 25.2 Å². The molecule has 160 valence electrons. The first-order chi connectivity index (χ1) is 13.6. The lowest BCUT2D eigenvalue weighted by atomic mass is 9.93. The van der Waals surface area contributed by atoms with Gasteiger partial charge in [-0.15, -0.1) is 0 Å². The van der Waals surface area contributed by atoms with Crippen molar-refractivity contribution in [2.75, 3.05) is 65.2 Å². The first-order valence-corrected chi connectivity index (χ1v) is 9.97. The van der Waals surface area contributed by atoms with Gasteiger partial charge in [-0.2, -0.15) is 0 Å². The van der Waals surface area contributed by atoms with Gasteiger partial charge >= 0.3 is 0 Å². The second-order valence-electron chi connectivity index (χ2n) is 8.89. The minimum Gasteiger partial charge on any atom is -1.00 e. The molecule has 0 unspecified atom stereocenters. The van der Waals surface area contributed by atoms with Crippen molar-refractivity contribution >= 4 is 29.3 Å². The lowest BCUT2D eigenvalue weighted by Crippen LogP contribution is -3.00. The van der Waals surface area contributed by atoms with Crippen molar-refractivity contribution in [2.45, 2.75) is 0 Å². The molecule has 0 bridgehead atoms. The standard InChI is InChI=1S/C25H32N3O.HI/c1-26(2)23-11-7-19(8-12-23)15-21-17-28(5,6)18-22(25(21)29)16-20-9-13-24(14-10-20)27(3)4;/h7-16H,17-18H2,1-6H3;1H/q+1;/p-1/b21-15+,22-16+;. The van der Waals surface area contributed by atoms with E-state index in [0.717, 1.165) is 51.2 Å². The number of carbonyl (C=O) groups excluding carboxylic acids is 1. The first-order valence-electron chi connectivity index (χ1n) is 9.97. The maximum absolute atomic E-state index is 13.2. The molecule has 1 aliphatic rings. The van der Waals surface area contributed by atoms with Gasteiger partial charge in [0.2, 0.25) is 0 Å². The van der Waals surface area contributed by atoms with Gasteiger partial charge in [0, 0.05) is 39.6 Å². The van der Waals surface area contributed by atoms with Crippen molar-refractivity contribution in [2.24, 2.45) is 0 Å². The monoisotopic (exact) mass is 517 g/mol. The van der Waals surface area contributed by atoms with Gasteiger partial charge in [-0.3, -0.25) is 4.79 Å². The van der Waals surface area contributed by atoms with Gasteiger partial charge in [0.25, 0.3) is 0 Å². The van der Waals surface area contributed by atoms with Crippen LogP contribution in [0.1, 0.15) is 11.1 Å². The Kier molecular flexibility index (Phi) is 7.88. The normalized spacial score (nSPS) is 18.3. The Morgan fingerprint density at radius 3 is 1.33 bits per heavy atom. The summed E-state index contributed by atoms with van der Waals surface area (Å²) in [6, 6.07) is 16.7. The molecule has 1 fully saturated rings. The molecule has 0 amide bonds. The molecule has 1 saturated heterocycles. The fourth-order valence-corrected chi connectivity index (χ4v) is 3.69. The number of rotatable bonds is 4. The average molecular weight is 517 g/mol. The fourth-order valence-electron chi connectivity index (χ4n) is 3.69. The van der Waals surface area contributed by atoms with Crippen molar-refractivity contribution < 1.29 is 33.3 Å². The van der Waals surface area contributed by atoms with E-state index in [-0.39, 0.29) is 29.8 Å². The topological polar surface area (TPSA) is 23.6 Å². The van der Waals surface area contributed by atoms with Crippen LogP contribution in [0.3, 0.4) is 0 Å². The Bertz CT molecular complexity index is 864. The summed E-state index contributed by atoms with van der Waals surface area (Å²) in [7, 11) is 12.5. The van der Waals surface area contributed by atoms with E-state index in [2.05, 4.69) is 72.4 Å². The maximum Gasteiger partial charge on any atom is 0.196 e. The van der Waals surface area contributed by atoms with Crippen LogP contribution in [-0.2, 0) is 4.79 Å². The molecule has 0 radical (unpaired) electrons. The van der Waals surface area contributed by atoms with E-state index < -0.39 is 0 Å². The smallest absolute Gasteiger partial charge is 0.196 e. The maximum atomic E-state index is 13.2. The predicted molar refractivity (Wildman–Crippen MR) is 124 cm³/mol. The summed E-state index contributed by atoms with van der Waals surface area (Å²) in [5.74, 6) is 0.163. The zero-order valence-electron chi connectivity index (χ0n) is 18.8. The molecule has 0 aliphatic carbocycles. The SMILES string of the molecule is CN(C)c1ccc(/C=C2\C[N+](C)(C)C/C(=C\c3ccc(N(C)C)cc3)C2=O)cc1.[I-]. The van der Waals surface area contributed by atoms with E-state index in [4.69, 9.17) is 0 Å². The van der Waals surface area contributed by atoms with Gasteiger partial charge < -0.3 is 38.3 Å². The van der Waals surface area contributed by atoms with Crippen LogP contribution >= 0.6 is 0 Å². The highest BCUT2D eigenvalue weighted by Crippen LogP contribution is 2.26. The molecule has 0 atom stereocenters. The molecule has 0 saturated carbocycles. The molecule has 0 spiro atoms. The molecule has 3 rings (SSSR count). The third-order valence-electron chi connectivity index (χ3n) is 5.28. The molecule has 1 heterocycles. The third kappa shape index (κ3) is 5.95. The van der Waals surface area contributed by atoms with Gasteiger partial charge in [-0.25, -0.2) is 0 Å². The van der Waals surface area contributed by atoms with Gasteiger partial charge in [-0.1, -0.05) is 24.3 Å². The summed E-state index contributed by atoms with van der Waals surface area (Å²) in [5, 5.41) is 0. The Balaban J connectivity index is 0.00000320. The molecule has 0 N–H and O–H groups in total. The summed E-state index contributed by atoms with van der Waals surface area (Å²) in [6.45, 7) is 1.48. The van der Waals surface area contributed by atoms with Gasteiger partial charge in [-0.05, 0) is 47.5 Å². The highest BCUT2D eigenvalue weighted by Gasteiger charge is 2.33. The minimum atomic E-state index is 0. The summed E-state index contributed by atoms with van der Waals surface area (Å²) < 4.78 is 0.773. The number of likely N-dealkylation sites (N-methyl/N-ethyl adjacent to an activating group) is 1. The van der Waals surface area contributed by atoms with Crippen LogP contribution in [0.15, 0.2) is 59.7 Å². The van der Waals surface area contributed by atoms with Crippen molar-refractivity contribution in [3.63, 3.8) is 0 Å². The summed E-state index contributed by atoms with van der Waals surface area (Å²) in [5.41, 5.74) is 6.18. The fraction of sp³-hybridized carbons (Fsp3) is 0.320. The van der Waals surface area contributed by atoms with Crippen LogP contribution in [0.5, 0.6) is 0 Å². The molecule has 4 nitrogen and oxygen atoms in total. The number of anilines is 2. The Morgan fingerprint density at radius 1 is 0.700 bits per heavy atom. The molecular weight excluding hydrogens is 485 g/mol. The quantitative estimate of drug-likeness (QED) is 0.343. The number of ketones is 1. The summed E-state index contributed by atoms with van der Waals surface area (Å²) in [6.07, 6.45) is 4.09. The second-order valence-corrected chi connectivity index (χ2v) is 8.89. The molecule has 2 aromatic carbocycles. The number of hydrogen-bond acceptors (Lipinski definition) is 3. The van der Waals surface area contributed by atoms with Crippen LogP contribution in [-0.4, -0.2) is 65.6 Å². The number of hydrogen-bond donors (Lipinski definition) is 0. The Morgan fingerprint density at radius 2 is 1.03 bits per heavy atom. The van der Waals surface area contributed by atoms with Crippen LogP contribution < -0.4 is 33.8 Å². The van der Waals surface area contributed by atoms with Gasteiger partial charge in [0.15, 0.2) is 5.78 Å². The summed E-state index contributed by atoms with van der Waals surface area (Å²) >= 11 is 0. The third-order valence-corrected chi connectivity index (χ3v) is 5.28. The molecule has 2 aromatic rings. The molecule has 1 aliphatic heterocycles. The highest BCUT2D eigenvalue weighted by atomic mass is 127. The average Bonchev–Trinajstić information content (AvgIpc) is 2.66. The van der Waals surface area contributed by atoms with E-state index >= 15 is 0 Å². The zero-order valence-corrected chi connectivity index (χ0v) is 21.0. The molecule has 30 heavy (non-hydrogen) atoms. The van der Waals surface area contributed by atoms with E-state index in [1.807, 2.05) is 40.3 Å². The number of Topliss-reactive ketones (excluding diaryl/α,β-unsaturated/α-hetero) is 1. The molecule has 5 heteroatoms. The first kappa shape index (κ1) is 24.2. The van der Waals surface area contributed by atoms with Crippen molar-refractivity contribution in [3.8, 4) is 0 Å². The number of nitrogens with zero attached hydrogens (tertiary/aromatic N) is 3. The van der Waals surface area contributed by atoms with Crippen molar-refractivity contribution in [3.05, 3.63) is 70.8 Å². The Labute approximate surface area is 198 Å². The number of carbonyl (C=O) groups is 1. The zero-order chi connectivity index (χ0) is 21.2. The van der Waals surface area contributed by atoms with Crippen molar-refractivity contribution in [1.82, 2.24) is 0 Å². The minimum absolute atomic E-state index is 0. The number of quaternary nitrogens is 1. The van der Waals surface area contributed by atoms with E-state index in [1.54, 1.807) is 0 Å². The summed E-state index contributed by atoms with van der Waals surface area (Å²) in [4.78, 5) is 17.4. The Hall–Kier alpha value is -2.12. The van der Waals surface area contributed by atoms with E-state index in [0.29, 0.717) is 0 Å². The van der Waals surface area contributed by atoms with Gasteiger partial charge in [0.1, 0.15) is 13.1 Å². The predicted octanol–water partition coefficient (Wildman–Crippen LogP) is 0.949. The van der Waals surface area contributed by atoms with Crippen LogP contribution in [0.4, 0.5) is 11.4 Å². The number of likely N-dealkylation sites (tertiary alicyclic amines) is 1. The molecule has 0 aromatic heterocycles. The van der Waals surface area contributed by atoms with Crippen LogP contribution in [0.25, 0.3) is 12.2 Å². The van der Waals surface area contributed by atoms with Crippen molar-refractivity contribution in [1.29, 1.82) is 0 Å². The molecular formula is C25H32IN3O. The van der Waals surface area contributed by atoms with Crippen LogP contribution in [0.2, 0.25) is 0 Å². The number of piperidine rings is 1. The van der Waals surface area contributed by atoms with E-state index in [9.17, 15) is 4.79 Å². The second kappa shape index (κ2) is 9.79.